The Kier molecular flexibility index (Phi) is 4.92. The van der Waals surface area contributed by atoms with Gasteiger partial charge in [0, 0.05) is 26.2 Å². The van der Waals surface area contributed by atoms with Gasteiger partial charge in [0.05, 0.1) is 0 Å². The maximum absolute atomic E-state index is 8.88. The smallest absolute Gasteiger partial charge is 0.170 e. The van der Waals surface area contributed by atoms with E-state index in [1.807, 2.05) is 55.5 Å². The van der Waals surface area contributed by atoms with Crippen molar-refractivity contribution in [2.24, 2.45) is 10.9 Å². The molecule has 0 aliphatic carbocycles. The highest BCUT2D eigenvalue weighted by Gasteiger charge is 2.08. The maximum atomic E-state index is 8.88. The van der Waals surface area contributed by atoms with E-state index in [0.717, 1.165) is 23.2 Å². The molecule has 4 N–H and O–H groups in total. The molecule has 0 saturated carbocycles. The van der Waals surface area contributed by atoms with Gasteiger partial charge in [0.15, 0.2) is 5.84 Å². The number of oxime groups is 1. The average molecular weight is 284 g/mol. The highest BCUT2D eigenvalue weighted by atomic mass is 16.4. The lowest BCUT2D eigenvalue weighted by atomic mass is 9.98. The molecule has 0 saturated heterocycles. The lowest BCUT2D eigenvalue weighted by molar-refractivity contribution is 0.286. The molecule has 0 fully saturated rings. The van der Waals surface area contributed by atoms with Crippen molar-refractivity contribution in [3.05, 3.63) is 59.7 Å². The van der Waals surface area contributed by atoms with Crippen molar-refractivity contribution >= 4 is 5.84 Å². The van der Waals surface area contributed by atoms with Gasteiger partial charge >= 0.3 is 0 Å². The van der Waals surface area contributed by atoms with Gasteiger partial charge < -0.3 is 10.9 Å². The Labute approximate surface area is 124 Å². The zero-order valence-electron chi connectivity index (χ0n) is 12.2. The fourth-order valence-corrected chi connectivity index (χ4v) is 2.06. The standard InChI is InChI=1S/C16H20N4O/c1-20(2)18-11-12-7-9-13(10-8-12)14-5-3-4-6-15(14)16(17)19-21/h3-10,18,21H,11H2,1-2H3,(H2,17,19). The summed E-state index contributed by atoms with van der Waals surface area (Å²) < 4.78 is 0. The molecule has 0 atom stereocenters. The van der Waals surface area contributed by atoms with Gasteiger partial charge in [-0.25, -0.2) is 0 Å². The lowest BCUT2D eigenvalue weighted by Gasteiger charge is -2.13. The SMILES string of the molecule is CN(C)NCc1ccc(-c2ccccc2/C(N)=N/O)cc1. The van der Waals surface area contributed by atoms with Crippen LogP contribution in [0.5, 0.6) is 0 Å². The molecule has 0 aliphatic heterocycles. The van der Waals surface area contributed by atoms with E-state index in [4.69, 9.17) is 10.9 Å². The molecule has 2 aromatic carbocycles. The van der Waals surface area contributed by atoms with Crippen LogP contribution in [0.2, 0.25) is 0 Å². The molecular formula is C16H20N4O. The summed E-state index contributed by atoms with van der Waals surface area (Å²) in [6, 6.07) is 15.8. The molecule has 0 aromatic heterocycles. The minimum Gasteiger partial charge on any atom is -0.409 e. The number of nitrogens with one attached hydrogen (secondary N) is 1. The summed E-state index contributed by atoms with van der Waals surface area (Å²) in [6.07, 6.45) is 0. The first-order valence-electron chi connectivity index (χ1n) is 6.69. The van der Waals surface area contributed by atoms with Crippen LogP contribution in [-0.2, 0) is 6.54 Å². The minimum atomic E-state index is 0.115. The zero-order chi connectivity index (χ0) is 15.2. The first-order chi connectivity index (χ1) is 10.1. The number of hydrogen-bond acceptors (Lipinski definition) is 4. The van der Waals surface area contributed by atoms with Crippen LogP contribution in [0.3, 0.4) is 0 Å². The first kappa shape index (κ1) is 15.0. The summed E-state index contributed by atoms with van der Waals surface area (Å²) in [4.78, 5) is 0. The molecular weight excluding hydrogens is 264 g/mol. The van der Waals surface area contributed by atoms with Crippen LogP contribution in [0.4, 0.5) is 0 Å². The Morgan fingerprint density at radius 1 is 1.14 bits per heavy atom. The maximum Gasteiger partial charge on any atom is 0.170 e. The highest BCUT2D eigenvalue weighted by molar-refractivity contribution is 6.03. The topological polar surface area (TPSA) is 73.9 Å². The summed E-state index contributed by atoms with van der Waals surface area (Å²) in [7, 11) is 3.92. The Morgan fingerprint density at radius 2 is 1.81 bits per heavy atom. The summed E-state index contributed by atoms with van der Waals surface area (Å²) in [5, 5.41) is 13.9. The Hall–Kier alpha value is -2.37. The molecule has 0 unspecified atom stereocenters. The Bertz CT molecular complexity index is 620. The second kappa shape index (κ2) is 6.88. The number of hydrazine groups is 1. The van der Waals surface area contributed by atoms with Gasteiger partial charge in [-0.15, -0.1) is 0 Å². The second-order valence-electron chi connectivity index (χ2n) is 4.96. The van der Waals surface area contributed by atoms with Crippen molar-refractivity contribution in [3.63, 3.8) is 0 Å². The van der Waals surface area contributed by atoms with E-state index in [-0.39, 0.29) is 5.84 Å². The summed E-state index contributed by atoms with van der Waals surface area (Å²) >= 11 is 0. The predicted octanol–water partition coefficient (Wildman–Crippen LogP) is 2.01. The molecule has 110 valence electrons. The van der Waals surface area contributed by atoms with E-state index >= 15 is 0 Å². The van der Waals surface area contributed by atoms with Crippen LogP contribution >= 0.6 is 0 Å². The normalized spacial score (nSPS) is 11.9. The second-order valence-corrected chi connectivity index (χ2v) is 4.96. The quantitative estimate of drug-likeness (QED) is 0.340. The van der Waals surface area contributed by atoms with Crippen LogP contribution < -0.4 is 11.2 Å². The summed E-state index contributed by atoms with van der Waals surface area (Å²) in [6.45, 7) is 0.773. The molecule has 5 nitrogen and oxygen atoms in total. The lowest BCUT2D eigenvalue weighted by Crippen LogP contribution is -2.29. The van der Waals surface area contributed by atoms with Crippen molar-refractivity contribution in [3.8, 4) is 11.1 Å². The third-order valence-corrected chi connectivity index (χ3v) is 3.18. The molecule has 0 heterocycles. The van der Waals surface area contributed by atoms with E-state index in [1.165, 1.54) is 5.56 Å². The van der Waals surface area contributed by atoms with Gasteiger partial charge in [-0.2, -0.15) is 0 Å². The van der Waals surface area contributed by atoms with E-state index in [1.54, 1.807) is 0 Å². The van der Waals surface area contributed by atoms with E-state index in [0.29, 0.717) is 0 Å². The fourth-order valence-electron chi connectivity index (χ4n) is 2.06. The van der Waals surface area contributed by atoms with Crippen LogP contribution in [0.15, 0.2) is 53.7 Å². The predicted molar refractivity (Wildman–Crippen MR) is 84.9 cm³/mol. The van der Waals surface area contributed by atoms with Crippen LogP contribution in [0, 0.1) is 0 Å². The highest BCUT2D eigenvalue weighted by Crippen LogP contribution is 2.24. The molecule has 0 bridgehead atoms. The number of hydrogen-bond donors (Lipinski definition) is 3. The summed E-state index contributed by atoms with van der Waals surface area (Å²) in [5.74, 6) is 0.115. The van der Waals surface area contributed by atoms with Gasteiger partial charge in [-0.1, -0.05) is 53.7 Å². The molecule has 0 spiro atoms. The van der Waals surface area contributed by atoms with Crippen LogP contribution in [0.1, 0.15) is 11.1 Å². The molecule has 21 heavy (non-hydrogen) atoms. The molecule has 0 amide bonds. The number of benzene rings is 2. The molecule has 0 aliphatic rings. The molecule has 5 heteroatoms. The average Bonchev–Trinajstić information content (AvgIpc) is 2.52. The Morgan fingerprint density at radius 3 is 2.43 bits per heavy atom. The minimum absolute atomic E-state index is 0.115. The largest absolute Gasteiger partial charge is 0.409 e. The number of rotatable bonds is 5. The van der Waals surface area contributed by atoms with E-state index in [2.05, 4.69) is 22.7 Å². The van der Waals surface area contributed by atoms with E-state index in [9.17, 15) is 0 Å². The van der Waals surface area contributed by atoms with Gasteiger partial charge in [0.2, 0.25) is 0 Å². The molecule has 2 aromatic rings. The number of nitrogens with zero attached hydrogens (tertiary/aromatic N) is 2. The summed E-state index contributed by atoms with van der Waals surface area (Å²) in [5.41, 5.74) is 12.8. The van der Waals surface area contributed by atoms with Crippen molar-refractivity contribution in [1.82, 2.24) is 10.4 Å². The zero-order valence-corrected chi connectivity index (χ0v) is 12.2. The molecule has 0 radical (unpaired) electrons. The van der Waals surface area contributed by atoms with Gasteiger partial charge in [-0.3, -0.25) is 10.4 Å². The third-order valence-electron chi connectivity index (χ3n) is 3.18. The van der Waals surface area contributed by atoms with Crippen molar-refractivity contribution in [2.45, 2.75) is 6.54 Å². The monoisotopic (exact) mass is 284 g/mol. The number of nitrogens with two attached hydrogens (primary N) is 1. The van der Waals surface area contributed by atoms with Crippen molar-refractivity contribution in [2.75, 3.05) is 14.1 Å². The van der Waals surface area contributed by atoms with Gasteiger partial charge in [-0.05, 0) is 16.7 Å². The fraction of sp³-hybridized carbons (Fsp3) is 0.188. The molecule has 2 rings (SSSR count). The van der Waals surface area contributed by atoms with Crippen molar-refractivity contribution < 1.29 is 5.21 Å². The third kappa shape index (κ3) is 3.81. The van der Waals surface area contributed by atoms with Gasteiger partial charge in [0.1, 0.15) is 0 Å². The number of amidine groups is 1. The van der Waals surface area contributed by atoms with E-state index < -0.39 is 0 Å². The van der Waals surface area contributed by atoms with Crippen molar-refractivity contribution in [1.29, 1.82) is 0 Å². The first-order valence-corrected chi connectivity index (χ1v) is 6.69. The van der Waals surface area contributed by atoms with Crippen LogP contribution in [-0.4, -0.2) is 30.1 Å². The Balaban J connectivity index is 2.27. The van der Waals surface area contributed by atoms with Gasteiger partial charge in [0.25, 0.3) is 0 Å². The van der Waals surface area contributed by atoms with Crippen LogP contribution in [0.25, 0.3) is 11.1 Å².